The molecule has 8 nitrogen and oxygen atoms in total. The number of fused-ring (bicyclic) bond motifs is 5. The van der Waals surface area contributed by atoms with E-state index in [2.05, 4.69) is 0 Å². The van der Waals surface area contributed by atoms with Gasteiger partial charge in [0.25, 0.3) is 5.56 Å². The molecular formula is C29H25N3O5. The van der Waals surface area contributed by atoms with Crippen LogP contribution in [0.25, 0.3) is 27.8 Å². The number of rotatable bonds is 2. The van der Waals surface area contributed by atoms with Crippen molar-refractivity contribution >= 4 is 10.9 Å². The Morgan fingerprint density at radius 2 is 1.65 bits per heavy atom. The molecule has 0 spiro atoms. The molecule has 3 aromatic carbocycles. The maximum atomic E-state index is 13.8. The van der Waals surface area contributed by atoms with Gasteiger partial charge in [-0.05, 0) is 43.2 Å². The van der Waals surface area contributed by atoms with Gasteiger partial charge in [0.2, 0.25) is 0 Å². The summed E-state index contributed by atoms with van der Waals surface area (Å²) in [5.41, 5.74) is 4.48. The van der Waals surface area contributed by atoms with Gasteiger partial charge < -0.3 is 19.5 Å². The minimum Gasteiger partial charge on any atom is -0.504 e. The smallest absolute Gasteiger partial charge is 0.331 e. The van der Waals surface area contributed by atoms with Crippen molar-refractivity contribution in [2.75, 3.05) is 0 Å². The fourth-order valence-corrected chi connectivity index (χ4v) is 5.34. The van der Waals surface area contributed by atoms with Gasteiger partial charge in [0.15, 0.2) is 17.6 Å². The first-order valence-electron chi connectivity index (χ1n) is 11.9. The molecule has 2 aromatic heterocycles. The molecule has 0 saturated carbocycles. The molecule has 0 fully saturated rings. The van der Waals surface area contributed by atoms with E-state index < -0.39 is 17.4 Å². The van der Waals surface area contributed by atoms with Crippen molar-refractivity contribution in [2.45, 2.75) is 20.0 Å². The Hall–Kier alpha value is -4.72. The van der Waals surface area contributed by atoms with E-state index >= 15 is 0 Å². The SMILES string of the molecule is Cc1ccc2c(c1)-n1c(-c3ccccc3C)c3c(=O)n(C)c(=O)n(C)c3c1C(c1cccc(O)c1O)O2. The number of phenolic OH excluding ortho intramolecular Hbond substituents is 2. The highest BCUT2D eigenvalue weighted by Gasteiger charge is 2.37. The van der Waals surface area contributed by atoms with Gasteiger partial charge in [0, 0.05) is 25.2 Å². The predicted molar refractivity (Wildman–Crippen MR) is 141 cm³/mol. The zero-order chi connectivity index (χ0) is 26.2. The van der Waals surface area contributed by atoms with Crippen LogP contribution >= 0.6 is 0 Å². The van der Waals surface area contributed by atoms with E-state index in [4.69, 9.17) is 4.74 Å². The predicted octanol–water partition coefficient (Wildman–Crippen LogP) is 4.20. The van der Waals surface area contributed by atoms with Gasteiger partial charge >= 0.3 is 5.69 Å². The number of nitrogens with zero attached hydrogens (tertiary/aromatic N) is 3. The van der Waals surface area contributed by atoms with Crippen LogP contribution in [-0.4, -0.2) is 23.9 Å². The lowest BCUT2D eigenvalue weighted by Crippen LogP contribution is -2.37. The fraction of sp³-hybridized carbons (Fsp3) is 0.172. The van der Waals surface area contributed by atoms with Crippen molar-refractivity contribution in [2.24, 2.45) is 14.1 Å². The summed E-state index contributed by atoms with van der Waals surface area (Å²) in [6.45, 7) is 3.95. The van der Waals surface area contributed by atoms with Gasteiger partial charge in [-0.2, -0.15) is 0 Å². The second-order valence-corrected chi connectivity index (χ2v) is 9.50. The van der Waals surface area contributed by atoms with Crippen LogP contribution in [0, 0.1) is 13.8 Å². The van der Waals surface area contributed by atoms with Gasteiger partial charge in [-0.3, -0.25) is 13.9 Å². The molecule has 5 aromatic rings. The van der Waals surface area contributed by atoms with E-state index in [0.717, 1.165) is 26.9 Å². The Balaban J connectivity index is 1.91. The third-order valence-corrected chi connectivity index (χ3v) is 7.19. The van der Waals surface area contributed by atoms with Crippen LogP contribution in [0.5, 0.6) is 17.2 Å². The van der Waals surface area contributed by atoms with Crippen LogP contribution in [0.3, 0.4) is 0 Å². The number of ether oxygens (including phenoxy) is 1. The van der Waals surface area contributed by atoms with Crippen molar-refractivity contribution in [3.05, 3.63) is 104 Å². The average Bonchev–Trinajstić information content (AvgIpc) is 3.24. The Bertz CT molecular complexity index is 1880. The molecule has 2 N–H and O–H groups in total. The molecule has 0 bridgehead atoms. The van der Waals surface area contributed by atoms with E-state index in [9.17, 15) is 19.8 Å². The van der Waals surface area contributed by atoms with E-state index in [1.54, 1.807) is 19.2 Å². The Labute approximate surface area is 211 Å². The molecule has 1 unspecified atom stereocenters. The van der Waals surface area contributed by atoms with Gasteiger partial charge in [-0.15, -0.1) is 0 Å². The highest BCUT2D eigenvalue weighted by molar-refractivity contribution is 5.99. The normalized spacial score (nSPS) is 14.3. The number of phenols is 2. The second kappa shape index (κ2) is 7.89. The van der Waals surface area contributed by atoms with Crippen molar-refractivity contribution in [3.8, 4) is 34.2 Å². The lowest BCUT2D eigenvalue weighted by molar-refractivity contribution is 0.223. The number of aromatic nitrogens is 3. The molecule has 186 valence electrons. The monoisotopic (exact) mass is 495 g/mol. The molecule has 6 rings (SSSR count). The minimum absolute atomic E-state index is 0.290. The second-order valence-electron chi connectivity index (χ2n) is 9.50. The zero-order valence-electron chi connectivity index (χ0n) is 20.8. The molecule has 1 atom stereocenters. The van der Waals surface area contributed by atoms with Crippen molar-refractivity contribution < 1.29 is 14.9 Å². The molecule has 1 aliphatic rings. The fourth-order valence-electron chi connectivity index (χ4n) is 5.34. The first-order valence-corrected chi connectivity index (χ1v) is 11.9. The Kier molecular flexibility index (Phi) is 4.85. The van der Waals surface area contributed by atoms with Gasteiger partial charge in [0.1, 0.15) is 5.75 Å². The van der Waals surface area contributed by atoms with E-state index in [1.807, 2.05) is 60.9 Å². The Morgan fingerprint density at radius 1 is 0.892 bits per heavy atom. The third-order valence-electron chi connectivity index (χ3n) is 7.19. The van der Waals surface area contributed by atoms with Crippen LogP contribution in [-0.2, 0) is 14.1 Å². The van der Waals surface area contributed by atoms with Crippen LogP contribution < -0.4 is 16.0 Å². The summed E-state index contributed by atoms with van der Waals surface area (Å²) in [5.74, 6) is -0.0693. The molecule has 0 saturated heterocycles. The van der Waals surface area contributed by atoms with Crippen LogP contribution in [0.1, 0.15) is 28.5 Å². The Morgan fingerprint density at radius 3 is 2.41 bits per heavy atom. The molecule has 8 heteroatoms. The van der Waals surface area contributed by atoms with E-state index in [-0.39, 0.29) is 11.5 Å². The first-order chi connectivity index (χ1) is 17.7. The summed E-state index contributed by atoms with van der Waals surface area (Å²) >= 11 is 0. The molecule has 1 aliphatic heterocycles. The van der Waals surface area contributed by atoms with Gasteiger partial charge in [0.05, 0.1) is 28.0 Å². The largest absolute Gasteiger partial charge is 0.504 e. The van der Waals surface area contributed by atoms with E-state index in [1.165, 1.54) is 17.7 Å². The highest BCUT2D eigenvalue weighted by atomic mass is 16.5. The summed E-state index contributed by atoms with van der Waals surface area (Å²) in [5, 5.41) is 21.5. The number of benzene rings is 3. The van der Waals surface area contributed by atoms with Crippen molar-refractivity contribution in [3.63, 3.8) is 0 Å². The first kappa shape index (κ1) is 22.7. The molecule has 3 heterocycles. The van der Waals surface area contributed by atoms with Gasteiger partial charge in [-0.1, -0.05) is 42.5 Å². The lowest BCUT2D eigenvalue weighted by atomic mass is 10.0. The number of aromatic hydroxyl groups is 2. The number of hydrogen-bond donors (Lipinski definition) is 2. The summed E-state index contributed by atoms with van der Waals surface area (Å²) in [6.07, 6.45) is -0.916. The van der Waals surface area contributed by atoms with Crippen molar-refractivity contribution in [1.82, 2.24) is 13.7 Å². The molecule has 37 heavy (non-hydrogen) atoms. The van der Waals surface area contributed by atoms with Gasteiger partial charge in [-0.25, -0.2) is 4.79 Å². The van der Waals surface area contributed by atoms with Crippen LogP contribution in [0.4, 0.5) is 0 Å². The van der Waals surface area contributed by atoms with Crippen molar-refractivity contribution in [1.29, 1.82) is 0 Å². The number of aryl methyl sites for hydroxylation is 3. The summed E-state index contributed by atoms with van der Waals surface area (Å²) in [4.78, 5) is 26.9. The molecule has 0 radical (unpaired) electrons. The molecular weight excluding hydrogens is 470 g/mol. The lowest BCUT2D eigenvalue weighted by Gasteiger charge is -2.31. The van der Waals surface area contributed by atoms with Crippen LogP contribution in [0.15, 0.2) is 70.3 Å². The third kappa shape index (κ3) is 3.08. The summed E-state index contributed by atoms with van der Waals surface area (Å²) in [6, 6.07) is 18.2. The topological polar surface area (TPSA) is 98.6 Å². The quantitative estimate of drug-likeness (QED) is 0.358. The highest BCUT2D eigenvalue weighted by Crippen LogP contribution is 2.49. The standard InChI is InChI=1S/C29H25N3O5/c1-15-12-13-21-19(14-15)32-23(17-9-6-5-8-16(17)2)22-24(30(3)29(36)31(4)28(22)35)25(32)27(37-21)18-10-7-11-20(33)26(18)34/h5-14,27,33-34H,1-4H3. The van der Waals surface area contributed by atoms with E-state index in [0.29, 0.717) is 33.6 Å². The maximum absolute atomic E-state index is 13.8. The number of hydrogen-bond acceptors (Lipinski definition) is 5. The summed E-state index contributed by atoms with van der Waals surface area (Å²) < 4.78 is 11.0. The molecule has 0 amide bonds. The minimum atomic E-state index is -0.916. The maximum Gasteiger partial charge on any atom is 0.331 e. The number of para-hydroxylation sites is 1. The average molecular weight is 496 g/mol. The summed E-state index contributed by atoms with van der Waals surface area (Å²) in [7, 11) is 3.09. The van der Waals surface area contributed by atoms with Crippen LogP contribution in [0.2, 0.25) is 0 Å². The zero-order valence-corrected chi connectivity index (χ0v) is 20.8. The molecule has 0 aliphatic carbocycles.